The number of ether oxygens (including phenoxy) is 1. The van der Waals surface area contributed by atoms with Crippen molar-refractivity contribution < 1.29 is 14.3 Å². The number of hydrogen-bond acceptors (Lipinski definition) is 3. The van der Waals surface area contributed by atoms with Crippen LogP contribution in [0.25, 0.3) is 0 Å². The van der Waals surface area contributed by atoms with E-state index in [9.17, 15) is 9.59 Å². The first-order valence-corrected chi connectivity index (χ1v) is 9.86. The minimum atomic E-state index is -0.636. The van der Waals surface area contributed by atoms with Gasteiger partial charge in [0.2, 0.25) is 5.91 Å². The Bertz CT molecular complexity index is 779. The summed E-state index contributed by atoms with van der Waals surface area (Å²) in [5.41, 5.74) is 0.874. The van der Waals surface area contributed by atoms with E-state index in [4.69, 9.17) is 27.9 Å². The summed E-state index contributed by atoms with van der Waals surface area (Å²) in [4.78, 5) is 26.8. The number of carbonyl (C=O) groups excluding carboxylic acids is 2. The zero-order chi connectivity index (χ0) is 20.5. The minimum absolute atomic E-state index is 0.180. The molecule has 28 heavy (non-hydrogen) atoms. The van der Waals surface area contributed by atoms with Crippen LogP contribution in [0, 0.1) is 0 Å². The Morgan fingerprint density at radius 2 is 1.61 bits per heavy atom. The standard InChI is InChI=1S/C21H24Cl2N2O3/c1-3-12-24-21(27)15(2)25(13-16-4-6-17(22)7-5-16)20(26)14-28-19-10-8-18(23)9-11-19/h4-11,15H,3,12-14H2,1-2H3,(H,24,27)/t15-/m1/s1. The van der Waals surface area contributed by atoms with Crippen molar-refractivity contribution in [3.63, 3.8) is 0 Å². The summed E-state index contributed by atoms with van der Waals surface area (Å²) in [5, 5.41) is 4.03. The molecule has 1 atom stereocenters. The number of carbonyl (C=O) groups is 2. The number of benzene rings is 2. The van der Waals surface area contributed by atoms with Crippen LogP contribution in [-0.2, 0) is 16.1 Å². The Labute approximate surface area is 175 Å². The van der Waals surface area contributed by atoms with Crippen LogP contribution >= 0.6 is 23.2 Å². The first kappa shape index (κ1) is 22.1. The average Bonchev–Trinajstić information content (AvgIpc) is 2.70. The van der Waals surface area contributed by atoms with Crippen LogP contribution in [0.2, 0.25) is 10.0 Å². The van der Waals surface area contributed by atoms with Gasteiger partial charge in [-0.1, -0.05) is 42.3 Å². The van der Waals surface area contributed by atoms with E-state index >= 15 is 0 Å². The van der Waals surface area contributed by atoms with Crippen LogP contribution in [-0.4, -0.2) is 35.9 Å². The summed E-state index contributed by atoms with van der Waals surface area (Å²) in [7, 11) is 0. The fourth-order valence-electron chi connectivity index (χ4n) is 2.52. The molecule has 5 nitrogen and oxygen atoms in total. The minimum Gasteiger partial charge on any atom is -0.484 e. The lowest BCUT2D eigenvalue weighted by molar-refractivity contribution is -0.142. The molecule has 0 aliphatic carbocycles. The molecule has 0 heterocycles. The van der Waals surface area contributed by atoms with Gasteiger partial charge < -0.3 is 15.0 Å². The van der Waals surface area contributed by atoms with E-state index in [0.717, 1.165) is 12.0 Å². The third-order valence-corrected chi connectivity index (χ3v) is 4.66. The van der Waals surface area contributed by atoms with Crippen molar-refractivity contribution in [1.29, 1.82) is 0 Å². The molecule has 0 aliphatic rings. The highest BCUT2D eigenvalue weighted by Crippen LogP contribution is 2.17. The second-order valence-electron chi connectivity index (χ2n) is 6.36. The molecule has 0 saturated heterocycles. The molecular weight excluding hydrogens is 399 g/mol. The van der Waals surface area contributed by atoms with Crippen molar-refractivity contribution in [2.45, 2.75) is 32.9 Å². The highest BCUT2D eigenvalue weighted by molar-refractivity contribution is 6.30. The number of amides is 2. The van der Waals surface area contributed by atoms with Crippen molar-refractivity contribution in [3.8, 4) is 5.75 Å². The molecule has 0 aliphatic heterocycles. The third kappa shape index (κ3) is 6.73. The monoisotopic (exact) mass is 422 g/mol. The Hall–Kier alpha value is -2.24. The van der Waals surface area contributed by atoms with Crippen LogP contribution in [0.15, 0.2) is 48.5 Å². The summed E-state index contributed by atoms with van der Waals surface area (Å²) < 4.78 is 5.57. The highest BCUT2D eigenvalue weighted by Gasteiger charge is 2.26. The van der Waals surface area contributed by atoms with Gasteiger partial charge in [-0.25, -0.2) is 0 Å². The summed E-state index contributed by atoms with van der Waals surface area (Å²) in [6.07, 6.45) is 0.823. The topological polar surface area (TPSA) is 58.6 Å². The molecular formula is C21H24Cl2N2O3. The van der Waals surface area contributed by atoms with Crippen molar-refractivity contribution >= 4 is 35.0 Å². The molecule has 2 rings (SSSR count). The molecule has 0 saturated carbocycles. The maximum absolute atomic E-state index is 12.8. The molecule has 1 N–H and O–H groups in total. The molecule has 7 heteroatoms. The van der Waals surface area contributed by atoms with Gasteiger partial charge in [0.1, 0.15) is 11.8 Å². The molecule has 150 valence electrons. The van der Waals surface area contributed by atoms with Gasteiger partial charge in [-0.2, -0.15) is 0 Å². The molecule has 0 fully saturated rings. The van der Waals surface area contributed by atoms with E-state index in [1.165, 1.54) is 4.90 Å². The summed E-state index contributed by atoms with van der Waals surface area (Å²) in [6, 6.07) is 13.3. The van der Waals surface area contributed by atoms with Gasteiger partial charge in [0.05, 0.1) is 0 Å². The Balaban J connectivity index is 2.10. The number of hydrogen-bond donors (Lipinski definition) is 1. The second kappa shape index (κ2) is 10.9. The van der Waals surface area contributed by atoms with E-state index in [1.807, 2.05) is 19.1 Å². The van der Waals surface area contributed by atoms with Crippen molar-refractivity contribution in [1.82, 2.24) is 10.2 Å². The fourth-order valence-corrected chi connectivity index (χ4v) is 2.78. The molecule has 2 amide bonds. The van der Waals surface area contributed by atoms with Crippen LogP contribution in [0.1, 0.15) is 25.8 Å². The largest absolute Gasteiger partial charge is 0.484 e. The highest BCUT2D eigenvalue weighted by atomic mass is 35.5. The van der Waals surface area contributed by atoms with E-state index in [0.29, 0.717) is 22.3 Å². The van der Waals surface area contributed by atoms with Crippen molar-refractivity contribution in [2.24, 2.45) is 0 Å². The predicted octanol–water partition coefficient (Wildman–Crippen LogP) is 4.32. The lowest BCUT2D eigenvalue weighted by Gasteiger charge is -2.28. The zero-order valence-electron chi connectivity index (χ0n) is 16.0. The first-order chi connectivity index (χ1) is 13.4. The lowest BCUT2D eigenvalue weighted by atomic mass is 10.1. The summed E-state index contributed by atoms with van der Waals surface area (Å²) in [6.45, 7) is 4.34. The van der Waals surface area contributed by atoms with Gasteiger partial charge in [-0.05, 0) is 55.3 Å². The maximum atomic E-state index is 12.8. The molecule has 0 spiro atoms. The van der Waals surface area contributed by atoms with E-state index in [1.54, 1.807) is 43.3 Å². The lowest BCUT2D eigenvalue weighted by Crippen LogP contribution is -2.49. The third-order valence-electron chi connectivity index (χ3n) is 4.16. The smallest absolute Gasteiger partial charge is 0.261 e. The van der Waals surface area contributed by atoms with Crippen molar-refractivity contribution in [3.05, 3.63) is 64.1 Å². The molecule has 2 aromatic carbocycles. The Kier molecular flexibility index (Phi) is 8.61. The normalized spacial score (nSPS) is 11.6. The van der Waals surface area contributed by atoms with Crippen molar-refractivity contribution in [2.75, 3.05) is 13.2 Å². The van der Waals surface area contributed by atoms with E-state index in [-0.39, 0.29) is 25.0 Å². The van der Waals surface area contributed by atoms with Crippen LogP contribution in [0.4, 0.5) is 0 Å². The zero-order valence-corrected chi connectivity index (χ0v) is 17.5. The Morgan fingerprint density at radius 3 is 2.18 bits per heavy atom. The summed E-state index contributed by atoms with van der Waals surface area (Å²) in [5.74, 6) is 0.0481. The second-order valence-corrected chi connectivity index (χ2v) is 7.23. The van der Waals surface area contributed by atoms with Crippen LogP contribution < -0.4 is 10.1 Å². The van der Waals surface area contributed by atoms with E-state index in [2.05, 4.69) is 5.32 Å². The number of nitrogens with one attached hydrogen (secondary N) is 1. The first-order valence-electron chi connectivity index (χ1n) is 9.10. The molecule has 0 unspecified atom stereocenters. The average molecular weight is 423 g/mol. The summed E-state index contributed by atoms with van der Waals surface area (Å²) >= 11 is 11.8. The van der Waals surface area contributed by atoms with Gasteiger partial charge in [0.25, 0.3) is 5.91 Å². The number of nitrogens with zero attached hydrogens (tertiary/aromatic N) is 1. The number of rotatable bonds is 9. The quantitative estimate of drug-likeness (QED) is 0.654. The van der Waals surface area contributed by atoms with Gasteiger partial charge in [0, 0.05) is 23.1 Å². The molecule has 0 bridgehead atoms. The van der Waals surface area contributed by atoms with E-state index < -0.39 is 6.04 Å². The predicted molar refractivity (Wildman–Crippen MR) is 112 cm³/mol. The fraction of sp³-hybridized carbons (Fsp3) is 0.333. The maximum Gasteiger partial charge on any atom is 0.261 e. The van der Waals surface area contributed by atoms with Gasteiger partial charge in [-0.15, -0.1) is 0 Å². The molecule has 0 radical (unpaired) electrons. The SMILES string of the molecule is CCCNC(=O)[C@@H](C)N(Cc1ccc(Cl)cc1)C(=O)COc1ccc(Cl)cc1. The number of halogens is 2. The molecule has 0 aromatic heterocycles. The van der Waals surface area contributed by atoms with Crippen LogP contribution in [0.3, 0.4) is 0 Å². The molecule has 2 aromatic rings. The van der Waals surface area contributed by atoms with Crippen LogP contribution in [0.5, 0.6) is 5.75 Å². The van der Waals surface area contributed by atoms with Gasteiger partial charge in [0.15, 0.2) is 6.61 Å². The van der Waals surface area contributed by atoms with Gasteiger partial charge in [-0.3, -0.25) is 9.59 Å². The van der Waals surface area contributed by atoms with Gasteiger partial charge >= 0.3 is 0 Å². The Morgan fingerprint density at radius 1 is 1.04 bits per heavy atom.